The Bertz CT molecular complexity index is 578. The van der Waals surface area contributed by atoms with Crippen molar-refractivity contribution in [1.82, 2.24) is 4.72 Å². The Morgan fingerprint density at radius 3 is 2.06 bits per heavy atom. The van der Waals surface area contributed by atoms with E-state index in [2.05, 4.69) is 9.44 Å². The zero-order valence-corrected chi connectivity index (χ0v) is 10.7. The van der Waals surface area contributed by atoms with Gasteiger partial charge in [0.05, 0.1) is 4.90 Å². The second-order valence-electron chi connectivity index (χ2n) is 3.17. The summed E-state index contributed by atoms with van der Waals surface area (Å²) in [6, 6.07) is 5.07. The molecule has 0 unspecified atom stereocenters. The van der Waals surface area contributed by atoms with Crippen LogP contribution in [-0.2, 0) is 20.2 Å². The molecule has 0 radical (unpaired) electrons. The minimum atomic E-state index is -3.77. The Hall–Kier alpha value is -1.16. The summed E-state index contributed by atoms with van der Waals surface area (Å²) >= 11 is 0. The molecular formula is C8H13N3O4S2. The van der Waals surface area contributed by atoms with Crippen LogP contribution in [0.25, 0.3) is 0 Å². The molecule has 1 aromatic rings. The van der Waals surface area contributed by atoms with Crippen molar-refractivity contribution in [3.63, 3.8) is 0 Å². The molecule has 0 atom stereocenters. The molecule has 96 valence electrons. The van der Waals surface area contributed by atoms with Gasteiger partial charge in [0.2, 0.25) is 10.0 Å². The molecule has 0 aliphatic rings. The Labute approximate surface area is 100 Å². The van der Waals surface area contributed by atoms with Crippen LogP contribution < -0.4 is 14.6 Å². The SMILES string of the molecule is CCNS(=O)(=O)Nc1ccc(S(N)(=O)=O)cc1. The lowest BCUT2D eigenvalue weighted by atomic mass is 10.3. The molecule has 9 heteroatoms. The second kappa shape index (κ2) is 5.00. The summed E-state index contributed by atoms with van der Waals surface area (Å²) in [6.07, 6.45) is 0. The molecule has 17 heavy (non-hydrogen) atoms. The van der Waals surface area contributed by atoms with E-state index < -0.39 is 20.2 Å². The van der Waals surface area contributed by atoms with E-state index in [0.717, 1.165) is 0 Å². The number of nitrogens with one attached hydrogen (secondary N) is 2. The number of rotatable bonds is 5. The van der Waals surface area contributed by atoms with Crippen LogP contribution in [0, 0.1) is 0 Å². The number of hydrogen-bond acceptors (Lipinski definition) is 4. The van der Waals surface area contributed by atoms with Gasteiger partial charge in [-0.1, -0.05) is 6.92 Å². The molecule has 0 amide bonds. The van der Waals surface area contributed by atoms with E-state index >= 15 is 0 Å². The van der Waals surface area contributed by atoms with E-state index in [4.69, 9.17) is 5.14 Å². The fourth-order valence-corrected chi connectivity index (χ4v) is 2.51. The Kier molecular flexibility index (Phi) is 4.09. The van der Waals surface area contributed by atoms with Crippen molar-refractivity contribution in [2.75, 3.05) is 11.3 Å². The number of nitrogens with two attached hydrogens (primary N) is 1. The highest BCUT2D eigenvalue weighted by Gasteiger charge is 2.10. The average Bonchev–Trinajstić information content (AvgIpc) is 2.16. The molecule has 0 fully saturated rings. The molecule has 4 N–H and O–H groups in total. The van der Waals surface area contributed by atoms with Gasteiger partial charge in [-0.2, -0.15) is 13.1 Å². The third kappa shape index (κ3) is 4.30. The fourth-order valence-electron chi connectivity index (χ4n) is 1.09. The quantitative estimate of drug-likeness (QED) is 0.679. The Morgan fingerprint density at radius 2 is 1.65 bits per heavy atom. The van der Waals surface area contributed by atoms with Crippen LogP contribution in [0.3, 0.4) is 0 Å². The van der Waals surface area contributed by atoms with Crippen molar-refractivity contribution >= 4 is 25.9 Å². The van der Waals surface area contributed by atoms with Crippen molar-refractivity contribution in [1.29, 1.82) is 0 Å². The fraction of sp³-hybridized carbons (Fsp3) is 0.250. The Balaban J connectivity index is 2.90. The third-order valence-corrected chi connectivity index (χ3v) is 3.87. The molecule has 1 rings (SSSR count). The van der Waals surface area contributed by atoms with E-state index in [1.807, 2.05) is 0 Å². The van der Waals surface area contributed by atoms with Gasteiger partial charge in [0, 0.05) is 12.2 Å². The van der Waals surface area contributed by atoms with Crippen LogP contribution in [0.4, 0.5) is 5.69 Å². The van der Waals surface area contributed by atoms with Gasteiger partial charge in [-0.15, -0.1) is 0 Å². The Morgan fingerprint density at radius 1 is 1.12 bits per heavy atom. The smallest absolute Gasteiger partial charge is 0.271 e. The number of benzene rings is 1. The highest BCUT2D eigenvalue weighted by molar-refractivity contribution is 7.90. The van der Waals surface area contributed by atoms with Gasteiger partial charge in [0.25, 0.3) is 10.2 Å². The van der Waals surface area contributed by atoms with Crippen molar-refractivity contribution in [3.05, 3.63) is 24.3 Å². The molecule has 0 spiro atoms. The predicted octanol–water partition coefficient (Wildman–Crippen LogP) is -0.400. The van der Waals surface area contributed by atoms with Gasteiger partial charge in [0.15, 0.2) is 0 Å². The molecule has 1 aromatic carbocycles. The van der Waals surface area contributed by atoms with E-state index in [1.54, 1.807) is 6.92 Å². The van der Waals surface area contributed by atoms with Gasteiger partial charge >= 0.3 is 0 Å². The van der Waals surface area contributed by atoms with Crippen LogP contribution in [0.15, 0.2) is 29.2 Å². The summed E-state index contributed by atoms with van der Waals surface area (Å²) in [5.74, 6) is 0. The summed E-state index contributed by atoms with van der Waals surface area (Å²) in [4.78, 5) is -0.0797. The first-order chi connectivity index (χ1) is 7.74. The predicted molar refractivity (Wildman–Crippen MR) is 64.0 cm³/mol. The summed E-state index contributed by atoms with van der Waals surface area (Å²) in [5, 5.41) is 4.90. The van der Waals surface area contributed by atoms with Gasteiger partial charge in [-0.05, 0) is 24.3 Å². The topological polar surface area (TPSA) is 118 Å². The number of sulfonamides is 1. The third-order valence-electron chi connectivity index (χ3n) is 1.77. The lowest BCUT2D eigenvalue weighted by molar-refractivity contribution is 0.589. The number of hydrogen-bond donors (Lipinski definition) is 3. The average molecular weight is 279 g/mol. The monoisotopic (exact) mass is 279 g/mol. The minimum Gasteiger partial charge on any atom is -0.271 e. The van der Waals surface area contributed by atoms with E-state index in [-0.39, 0.29) is 17.1 Å². The van der Waals surface area contributed by atoms with Crippen LogP contribution >= 0.6 is 0 Å². The summed E-state index contributed by atoms with van der Waals surface area (Å²) < 4.78 is 49.0. The van der Waals surface area contributed by atoms with Crippen molar-refractivity contribution in [2.24, 2.45) is 5.14 Å². The zero-order chi connectivity index (χ0) is 13.1. The summed E-state index contributed by atoms with van der Waals surface area (Å²) in [5.41, 5.74) is 0.248. The zero-order valence-electron chi connectivity index (χ0n) is 9.04. The normalized spacial score (nSPS) is 12.4. The molecule has 0 bridgehead atoms. The first-order valence-corrected chi connectivity index (χ1v) is 7.68. The standard InChI is InChI=1S/C8H13N3O4S2/c1-2-10-17(14,15)11-7-3-5-8(6-4-7)16(9,12)13/h3-6,10-11H,2H2,1H3,(H2,9,12,13). The van der Waals surface area contributed by atoms with Gasteiger partial charge in [0.1, 0.15) is 0 Å². The van der Waals surface area contributed by atoms with E-state index in [0.29, 0.717) is 0 Å². The number of anilines is 1. The molecule has 0 aliphatic carbocycles. The maximum Gasteiger partial charge on any atom is 0.299 e. The van der Waals surface area contributed by atoms with Crippen LogP contribution in [0.1, 0.15) is 6.92 Å². The van der Waals surface area contributed by atoms with Gasteiger partial charge in [-0.25, -0.2) is 13.6 Å². The lowest BCUT2D eigenvalue weighted by Crippen LogP contribution is -2.29. The first-order valence-electron chi connectivity index (χ1n) is 4.65. The van der Waals surface area contributed by atoms with Crippen LogP contribution in [0.5, 0.6) is 0 Å². The molecule has 0 aromatic heterocycles. The first kappa shape index (κ1) is 13.9. The highest BCUT2D eigenvalue weighted by Crippen LogP contribution is 2.13. The van der Waals surface area contributed by atoms with Crippen molar-refractivity contribution < 1.29 is 16.8 Å². The van der Waals surface area contributed by atoms with E-state index in [1.165, 1.54) is 24.3 Å². The van der Waals surface area contributed by atoms with Gasteiger partial charge in [-0.3, -0.25) is 4.72 Å². The molecule has 0 saturated carbocycles. The molecule has 7 nitrogen and oxygen atoms in total. The molecular weight excluding hydrogens is 266 g/mol. The van der Waals surface area contributed by atoms with Crippen molar-refractivity contribution in [2.45, 2.75) is 11.8 Å². The van der Waals surface area contributed by atoms with Gasteiger partial charge < -0.3 is 0 Å². The summed E-state index contributed by atoms with van der Waals surface area (Å²) in [7, 11) is -7.38. The second-order valence-corrected chi connectivity index (χ2v) is 6.23. The number of primary sulfonamides is 1. The minimum absolute atomic E-state index is 0.0797. The molecule has 0 aliphatic heterocycles. The van der Waals surface area contributed by atoms with E-state index in [9.17, 15) is 16.8 Å². The molecule has 0 heterocycles. The maximum atomic E-state index is 11.3. The van der Waals surface area contributed by atoms with Crippen molar-refractivity contribution in [3.8, 4) is 0 Å². The van der Waals surface area contributed by atoms with Crippen LogP contribution in [0.2, 0.25) is 0 Å². The highest BCUT2D eigenvalue weighted by atomic mass is 32.2. The summed E-state index contributed by atoms with van der Waals surface area (Å²) in [6.45, 7) is 1.90. The maximum absolute atomic E-state index is 11.3. The molecule has 0 saturated heterocycles. The van der Waals surface area contributed by atoms with Crippen LogP contribution in [-0.4, -0.2) is 23.4 Å². The largest absolute Gasteiger partial charge is 0.299 e. The lowest BCUT2D eigenvalue weighted by Gasteiger charge is -2.08.